The lowest BCUT2D eigenvalue weighted by Crippen LogP contribution is -2.32. The molecule has 0 radical (unpaired) electrons. The van der Waals surface area contributed by atoms with Crippen LogP contribution in [0.1, 0.15) is 17.5 Å². The first-order chi connectivity index (χ1) is 12.0. The highest BCUT2D eigenvalue weighted by Crippen LogP contribution is 2.38. The monoisotopic (exact) mass is 360 g/mol. The first-order valence-electron chi connectivity index (χ1n) is 8.37. The third kappa shape index (κ3) is 2.75. The molecule has 2 aliphatic heterocycles. The number of amides is 1. The van der Waals surface area contributed by atoms with E-state index in [1.54, 1.807) is 41.2 Å². The molecule has 1 aromatic heterocycles. The molecule has 0 aliphatic carbocycles. The lowest BCUT2D eigenvalue weighted by Gasteiger charge is -2.26. The van der Waals surface area contributed by atoms with Crippen molar-refractivity contribution in [2.75, 3.05) is 25.0 Å². The third-order valence-electron chi connectivity index (χ3n) is 4.89. The Morgan fingerprint density at radius 2 is 2.08 bits per heavy atom. The Hall–Kier alpha value is -2.19. The van der Waals surface area contributed by atoms with Gasteiger partial charge in [-0.05, 0) is 42.2 Å². The summed E-state index contributed by atoms with van der Waals surface area (Å²) in [6.07, 6.45) is 5.45. The number of hydrogen-bond donors (Lipinski definition) is 0. The van der Waals surface area contributed by atoms with Gasteiger partial charge in [0.15, 0.2) is 0 Å². The molecule has 0 atom stereocenters. The quantitative estimate of drug-likeness (QED) is 0.798. The number of rotatable bonds is 5. The van der Waals surface area contributed by atoms with Gasteiger partial charge in [-0.3, -0.25) is 9.48 Å². The number of anilines is 1. The van der Waals surface area contributed by atoms with Crippen molar-refractivity contribution in [1.82, 2.24) is 14.1 Å². The second-order valence-electron chi connectivity index (χ2n) is 6.51. The molecule has 8 heteroatoms. The number of aryl methyl sites for hydroxylation is 1. The zero-order chi connectivity index (χ0) is 17.6. The second-order valence-corrected chi connectivity index (χ2v) is 8.56. The van der Waals surface area contributed by atoms with Gasteiger partial charge in [-0.25, -0.2) is 8.42 Å². The van der Waals surface area contributed by atoms with Crippen LogP contribution in [-0.2, 0) is 34.2 Å². The summed E-state index contributed by atoms with van der Waals surface area (Å²) in [5, 5.41) is 4.09. The highest BCUT2D eigenvalue weighted by molar-refractivity contribution is 7.89. The maximum atomic E-state index is 12.9. The van der Waals surface area contributed by atoms with Crippen LogP contribution >= 0.6 is 0 Å². The SMILES string of the molecule is CN(CCn1cccn1)S(=O)(=O)c1cc2c3c(c1)CC(=O)N3CCC2. The van der Waals surface area contributed by atoms with E-state index in [2.05, 4.69) is 5.10 Å². The maximum Gasteiger partial charge on any atom is 0.242 e. The zero-order valence-corrected chi connectivity index (χ0v) is 14.9. The van der Waals surface area contributed by atoms with Gasteiger partial charge in [0.25, 0.3) is 0 Å². The molecule has 0 saturated carbocycles. The molecule has 1 aromatic carbocycles. The molecule has 25 heavy (non-hydrogen) atoms. The molecule has 0 saturated heterocycles. The van der Waals surface area contributed by atoms with Crippen LogP contribution in [0.5, 0.6) is 0 Å². The average Bonchev–Trinajstić information content (AvgIpc) is 3.22. The Labute approximate surface area is 146 Å². The number of aromatic nitrogens is 2. The van der Waals surface area contributed by atoms with Gasteiger partial charge >= 0.3 is 0 Å². The maximum absolute atomic E-state index is 12.9. The zero-order valence-electron chi connectivity index (χ0n) is 14.1. The van der Waals surface area contributed by atoms with Crippen LogP contribution in [0.3, 0.4) is 0 Å². The molecule has 132 valence electrons. The van der Waals surface area contributed by atoms with Crippen LogP contribution < -0.4 is 4.90 Å². The molecule has 0 fully saturated rings. The molecule has 0 bridgehead atoms. The topological polar surface area (TPSA) is 75.5 Å². The van der Waals surface area contributed by atoms with Crippen LogP contribution in [0.2, 0.25) is 0 Å². The standard InChI is InChI=1S/C17H20N4O3S/c1-19(8-9-20-6-3-5-18-20)25(23,24)15-10-13-4-2-7-21-16(22)12-14(11-15)17(13)21/h3,5-6,10-11H,2,4,7-9,12H2,1H3. The summed E-state index contributed by atoms with van der Waals surface area (Å²) in [4.78, 5) is 14.2. The van der Waals surface area contributed by atoms with E-state index in [0.29, 0.717) is 19.5 Å². The lowest BCUT2D eigenvalue weighted by molar-refractivity contribution is -0.117. The van der Waals surface area contributed by atoms with Crippen LogP contribution in [-0.4, -0.2) is 48.5 Å². The largest absolute Gasteiger partial charge is 0.312 e. The van der Waals surface area contributed by atoms with Crippen molar-refractivity contribution in [3.8, 4) is 0 Å². The Bertz CT molecular complexity index is 922. The lowest BCUT2D eigenvalue weighted by atomic mass is 10.0. The molecule has 4 rings (SSSR count). The molecule has 0 unspecified atom stereocenters. The fourth-order valence-electron chi connectivity index (χ4n) is 3.57. The average molecular weight is 360 g/mol. The number of hydrogen-bond acceptors (Lipinski definition) is 4. The van der Waals surface area contributed by atoms with Gasteiger partial charge in [0, 0.05) is 32.5 Å². The number of carbonyl (C=O) groups is 1. The van der Waals surface area contributed by atoms with Crippen molar-refractivity contribution in [2.45, 2.75) is 30.7 Å². The summed E-state index contributed by atoms with van der Waals surface area (Å²) in [7, 11) is -2.02. The van der Waals surface area contributed by atoms with Crippen molar-refractivity contribution in [3.63, 3.8) is 0 Å². The highest BCUT2D eigenvalue weighted by atomic mass is 32.2. The van der Waals surface area contributed by atoms with E-state index in [4.69, 9.17) is 0 Å². The summed E-state index contributed by atoms with van der Waals surface area (Å²) in [5.74, 6) is 0.0672. The number of carbonyl (C=O) groups excluding carboxylic acids is 1. The number of sulfonamides is 1. The molecule has 2 aromatic rings. The predicted octanol–water partition coefficient (Wildman–Crippen LogP) is 1.04. The highest BCUT2D eigenvalue weighted by Gasteiger charge is 2.34. The summed E-state index contributed by atoms with van der Waals surface area (Å²) in [5.41, 5.74) is 2.74. The van der Waals surface area contributed by atoms with E-state index in [9.17, 15) is 13.2 Å². The number of likely N-dealkylation sites (N-methyl/N-ethyl adjacent to an activating group) is 1. The Kier molecular flexibility index (Phi) is 3.88. The molecule has 2 aliphatic rings. The molecular weight excluding hydrogens is 340 g/mol. The van der Waals surface area contributed by atoms with E-state index < -0.39 is 10.0 Å². The molecule has 0 N–H and O–H groups in total. The normalized spacial score (nSPS) is 16.6. The summed E-state index contributed by atoms with van der Waals surface area (Å²) >= 11 is 0. The van der Waals surface area contributed by atoms with Crippen molar-refractivity contribution in [2.24, 2.45) is 0 Å². The van der Waals surface area contributed by atoms with E-state index >= 15 is 0 Å². The minimum absolute atomic E-state index is 0.0672. The van der Waals surface area contributed by atoms with Crippen LogP contribution in [0.15, 0.2) is 35.5 Å². The van der Waals surface area contributed by atoms with E-state index in [0.717, 1.165) is 36.2 Å². The van der Waals surface area contributed by atoms with Gasteiger partial charge in [-0.2, -0.15) is 9.40 Å². The first-order valence-corrected chi connectivity index (χ1v) is 9.81. The first kappa shape index (κ1) is 16.3. The third-order valence-corrected chi connectivity index (χ3v) is 6.73. The van der Waals surface area contributed by atoms with E-state index in [-0.39, 0.29) is 10.8 Å². The van der Waals surface area contributed by atoms with Crippen LogP contribution in [0.4, 0.5) is 5.69 Å². The van der Waals surface area contributed by atoms with E-state index in [1.807, 2.05) is 6.07 Å². The molecular formula is C17H20N4O3S. The van der Waals surface area contributed by atoms with Gasteiger partial charge in [-0.15, -0.1) is 0 Å². The summed E-state index contributed by atoms with van der Waals surface area (Å²) in [6, 6.07) is 5.22. The Morgan fingerprint density at radius 3 is 2.84 bits per heavy atom. The van der Waals surface area contributed by atoms with Crippen molar-refractivity contribution in [1.29, 1.82) is 0 Å². The van der Waals surface area contributed by atoms with Crippen molar-refractivity contribution >= 4 is 21.6 Å². The Balaban J connectivity index is 1.63. The van der Waals surface area contributed by atoms with Crippen molar-refractivity contribution < 1.29 is 13.2 Å². The van der Waals surface area contributed by atoms with Gasteiger partial charge in [0.1, 0.15) is 0 Å². The fourth-order valence-corrected chi connectivity index (χ4v) is 4.84. The second kappa shape index (κ2) is 5.96. The van der Waals surface area contributed by atoms with Crippen molar-refractivity contribution in [3.05, 3.63) is 41.7 Å². The molecule has 7 nitrogen and oxygen atoms in total. The smallest absolute Gasteiger partial charge is 0.242 e. The molecule has 3 heterocycles. The fraction of sp³-hybridized carbons (Fsp3) is 0.412. The molecule has 1 amide bonds. The number of benzene rings is 1. The summed E-state index contributed by atoms with van der Waals surface area (Å²) in [6.45, 7) is 1.56. The van der Waals surface area contributed by atoms with E-state index in [1.165, 1.54) is 4.31 Å². The summed E-state index contributed by atoms with van der Waals surface area (Å²) < 4.78 is 28.9. The van der Waals surface area contributed by atoms with Crippen LogP contribution in [0.25, 0.3) is 0 Å². The van der Waals surface area contributed by atoms with Gasteiger partial charge in [0.05, 0.1) is 23.5 Å². The minimum Gasteiger partial charge on any atom is -0.312 e. The van der Waals surface area contributed by atoms with Gasteiger partial charge in [0.2, 0.25) is 15.9 Å². The van der Waals surface area contributed by atoms with Crippen LogP contribution in [0, 0.1) is 0 Å². The van der Waals surface area contributed by atoms with Gasteiger partial charge in [-0.1, -0.05) is 0 Å². The number of nitrogens with zero attached hydrogens (tertiary/aromatic N) is 4. The predicted molar refractivity (Wildman–Crippen MR) is 92.9 cm³/mol. The Morgan fingerprint density at radius 1 is 1.28 bits per heavy atom. The van der Waals surface area contributed by atoms with Gasteiger partial charge < -0.3 is 4.90 Å². The molecule has 0 spiro atoms. The minimum atomic E-state index is -3.59.